The summed E-state index contributed by atoms with van der Waals surface area (Å²) in [4.78, 5) is 35.1. The molecule has 3 aromatic heterocycles. The number of aryl methyl sites for hydroxylation is 1. The molecule has 1 aliphatic rings. The lowest BCUT2D eigenvalue weighted by Crippen LogP contribution is -2.38. The Morgan fingerprint density at radius 3 is 2.85 bits per heavy atom. The fraction of sp³-hybridized carbons (Fsp3) is 0.250. The summed E-state index contributed by atoms with van der Waals surface area (Å²) in [5.41, 5.74) is 3.85. The van der Waals surface area contributed by atoms with Crippen LogP contribution in [-0.4, -0.2) is 37.1 Å². The van der Waals surface area contributed by atoms with E-state index < -0.39 is 0 Å². The molecule has 1 aliphatic heterocycles. The van der Waals surface area contributed by atoms with Gasteiger partial charge in [-0.3, -0.25) is 19.6 Å². The lowest BCUT2D eigenvalue weighted by molar-refractivity contribution is 0.0732. The normalized spacial score (nSPS) is 13.3. The largest absolute Gasteiger partial charge is 0.334 e. The van der Waals surface area contributed by atoms with Crippen LogP contribution in [0, 0.1) is 6.92 Å². The number of pyridine rings is 2. The minimum absolute atomic E-state index is 0.0762. The number of carbonyl (C=O) groups excluding carboxylic acids is 1. The van der Waals surface area contributed by atoms with Crippen molar-refractivity contribution in [1.82, 2.24) is 24.6 Å². The molecular formula is C20H19N5O2. The van der Waals surface area contributed by atoms with E-state index in [2.05, 4.69) is 15.1 Å². The lowest BCUT2D eigenvalue weighted by Gasteiger charge is -2.28. The number of rotatable bonds is 3. The summed E-state index contributed by atoms with van der Waals surface area (Å²) >= 11 is 0. The highest BCUT2D eigenvalue weighted by molar-refractivity contribution is 5.94. The monoisotopic (exact) mass is 361 g/mol. The average Bonchev–Trinajstić information content (AvgIpc) is 2.69. The molecule has 0 aliphatic carbocycles. The smallest absolute Gasteiger partial charge is 0.267 e. The number of hydrogen-bond acceptors (Lipinski definition) is 5. The molecule has 3 aromatic rings. The third kappa shape index (κ3) is 3.62. The fourth-order valence-electron chi connectivity index (χ4n) is 3.17. The van der Waals surface area contributed by atoms with Crippen LogP contribution in [0.5, 0.6) is 0 Å². The minimum Gasteiger partial charge on any atom is -0.334 e. The maximum Gasteiger partial charge on any atom is 0.267 e. The molecule has 0 N–H and O–H groups in total. The van der Waals surface area contributed by atoms with E-state index in [1.54, 1.807) is 35.6 Å². The van der Waals surface area contributed by atoms with Gasteiger partial charge in [-0.25, -0.2) is 4.68 Å². The van der Waals surface area contributed by atoms with Gasteiger partial charge in [-0.1, -0.05) is 6.07 Å². The van der Waals surface area contributed by atoms with E-state index in [1.165, 1.54) is 4.68 Å². The van der Waals surface area contributed by atoms with Gasteiger partial charge in [-0.05, 0) is 30.7 Å². The van der Waals surface area contributed by atoms with Gasteiger partial charge >= 0.3 is 0 Å². The number of carbonyl (C=O) groups is 1. The molecule has 0 unspecified atom stereocenters. The van der Waals surface area contributed by atoms with Crippen molar-refractivity contribution < 1.29 is 4.79 Å². The summed E-state index contributed by atoms with van der Waals surface area (Å²) in [6.07, 6.45) is 5.64. The zero-order chi connectivity index (χ0) is 18.8. The van der Waals surface area contributed by atoms with E-state index >= 15 is 0 Å². The van der Waals surface area contributed by atoms with Crippen LogP contribution in [0.25, 0.3) is 0 Å². The van der Waals surface area contributed by atoms with Gasteiger partial charge in [0, 0.05) is 55.4 Å². The lowest BCUT2D eigenvalue weighted by atomic mass is 10.1. The SMILES string of the molecule is Cc1ccc(C(=O)N2CCc3nn(Cc4cccnc4)c(=O)cc3C2)cn1. The number of aromatic nitrogens is 4. The molecule has 0 saturated carbocycles. The van der Waals surface area contributed by atoms with E-state index in [0.717, 1.165) is 22.5 Å². The van der Waals surface area contributed by atoms with Gasteiger partial charge in [0.2, 0.25) is 0 Å². The summed E-state index contributed by atoms with van der Waals surface area (Å²) in [6.45, 7) is 3.22. The zero-order valence-electron chi connectivity index (χ0n) is 15.0. The van der Waals surface area contributed by atoms with Crippen LogP contribution >= 0.6 is 0 Å². The second kappa shape index (κ2) is 7.11. The van der Waals surface area contributed by atoms with E-state index in [9.17, 15) is 9.59 Å². The molecule has 0 radical (unpaired) electrons. The predicted molar refractivity (Wildman–Crippen MR) is 99.3 cm³/mol. The van der Waals surface area contributed by atoms with Crippen LogP contribution in [-0.2, 0) is 19.5 Å². The highest BCUT2D eigenvalue weighted by Crippen LogP contribution is 2.18. The molecule has 4 rings (SSSR count). The van der Waals surface area contributed by atoms with Gasteiger partial charge in [0.05, 0.1) is 17.8 Å². The molecule has 0 saturated heterocycles. The standard InChI is InChI=1S/C20H19N5O2/c1-14-4-5-16(11-22-14)20(27)24-8-6-18-17(13-24)9-19(26)25(23-18)12-15-3-2-7-21-10-15/h2-5,7,9-11H,6,8,12-13H2,1H3. The highest BCUT2D eigenvalue weighted by atomic mass is 16.2. The Morgan fingerprint density at radius 2 is 2.11 bits per heavy atom. The summed E-state index contributed by atoms with van der Waals surface area (Å²) < 4.78 is 1.46. The van der Waals surface area contributed by atoms with Crippen LogP contribution in [0.1, 0.15) is 32.9 Å². The van der Waals surface area contributed by atoms with Gasteiger partial charge in [-0.15, -0.1) is 0 Å². The maximum atomic E-state index is 12.7. The van der Waals surface area contributed by atoms with Crippen LogP contribution in [0.3, 0.4) is 0 Å². The van der Waals surface area contributed by atoms with Gasteiger partial charge < -0.3 is 4.90 Å². The van der Waals surface area contributed by atoms with Gasteiger partial charge in [-0.2, -0.15) is 5.10 Å². The fourth-order valence-corrected chi connectivity index (χ4v) is 3.17. The highest BCUT2D eigenvalue weighted by Gasteiger charge is 2.24. The Labute approximate surface area is 156 Å². The molecule has 136 valence electrons. The minimum atomic E-state index is -0.177. The first-order valence-corrected chi connectivity index (χ1v) is 8.81. The molecule has 1 amide bonds. The topological polar surface area (TPSA) is 81.0 Å². The summed E-state index contributed by atoms with van der Waals surface area (Å²) in [5.74, 6) is -0.0762. The summed E-state index contributed by atoms with van der Waals surface area (Å²) in [5, 5.41) is 4.51. The molecule has 7 heteroatoms. The van der Waals surface area contributed by atoms with Gasteiger partial charge in [0.1, 0.15) is 0 Å². The van der Waals surface area contributed by atoms with Gasteiger partial charge in [0.15, 0.2) is 0 Å². The van der Waals surface area contributed by atoms with Crippen molar-refractivity contribution >= 4 is 5.91 Å². The number of amides is 1. The Balaban J connectivity index is 1.55. The molecule has 27 heavy (non-hydrogen) atoms. The average molecular weight is 361 g/mol. The quantitative estimate of drug-likeness (QED) is 0.708. The summed E-state index contributed by atoms with van der Waals surface area (Å²) in [6, 6.07) is 8.94. The first-order chi connectivity index (χ1) is 13.1. The third-order valence-corrected chi connectivity index (χ3v) is 4.64. The molecule has 7 nitrogen and oxygen atoms in total. The van der Waals surface area contributed by atoms with Crippen molar-refractivity contribution in [2.24, 2.45) is 0 Å². The first-order valence-electron chi connectivity index (χ1n) is 8.81. The van der Waals surface area contributed by atoms with E-state index in [1.807, 2.05) is 25.1 Å². The molecular weight excluding hydrogens is 342 g/mol. The van der Waals surface area contributed by atoms with Crippen LogP contribution in [0.4, 0.5) is 0 Å². The van der Waals surface area contributed by atoms with Crippen LogP contribution in [0.2, 0.25) is 0 Å². The summed E-state index contributed by atoms with van der Waals surface area (Å²) in [7, 11) is 0. The third-order valence-electron chi connectivity index (χ3n) is 4.64. The number of nitrogens with zero attached hydrogens (tertiary/aromatic N) is 5. The van der Waals surface area contributed by atoms with Crippen molar-refractivity contribution in [3.63, 3.8) is 0 Å². The van der Waals surface area contributed by atoms with E-state index in [4.69, 9.17) is 0 Å². The zero-order valence-corrected chi connectivity index (χ0v) is 15.0. The van der Waals surface area contributed by atoms with Crippen molar-refractivity contribution in [3.05, 3.63) is 87.4 Å². The number of fused-ring (bicyclic) bond motifs is 1. The second-order valence-electron chi connectivity index (χ2n) is 6.64. The van der Waals surface area contributed by atoms with Crippen molar-refractivity contribution in [1.29, 1.82) is 0 Å². The van der Waals surface area contributed by atoms with Crippen molar-refractivity contribution in [3.8, 4) is 0 Å². The maximum absolute atomic E-state index is 12.7. The molecule has 0 bridgehead atoms. The molecule has 4 heterocycles. The molecule has 0 fully saturated rings. The second-order valence-corrected chi connectivity index (χ2v) is 6.64. The Kier molecular flexibility index (Phi) is 4.50. The van der Waals surface area contributed by atoms with E-state index in [-0.39, 0.29) is 11.5 Å². The van der Waals surface area contributed by atoms with Crippen molar-refractivity contribution in [2.45, 2.75) is 26.4 Å². The van der Waals surface area contributed by atoms with Crippen molar-refractivity contribution in [2.75, 3.05) is 6.54 Å². The van der Waals surface area contributed by atoms with Crippen LogP contribution in [0.15, 0.2) is 53.7 Å². The van der Waals surface area contributed by atoms with Crippen LogP contribution < -0.4 is 5.56 Å². The Hall–Kier alpha value is -3.35. The van der Waals surface area contributed by atoms with E-state index in [0.29, 0.717) is 31.6 Å². The predicted octanol–water partition coefficient (Wildman–Crippen LogP) is 1.59. The molecule has 0 atom stereocenters. The first kappa shape index (κ1) is 17.1. The molecule has 0 aromatic carbocycles. The Morgan fingerprint density at radius 1 is 1.22 bits per heavy atom. The molecule has 0 spiro atoms. The number of hydrogen-bond donors (Lipinski definition) is 0. The van der Waals surface area contributed by atoms with Gasteiger partial charge in [0.25, 0.3) is 11.5 Å². The Bertz CT molecular complexity index is 1030.